The molecule has 0 saturated carbocycles. The molecule has 3 nitrogen and oxygen atoms in total. The smallest absolute Gasteiger partial charge is 0.261 e. The molecule has 1 aliphatic rings. The van der Waals surface area contributed by atoms with Crippen LogP contribution in [0.2, 0.25) is 5.04 Å². The summed E-state index contributed by atoms with van der Waals surface area (Å²) in [6, 6.07) is 21.8. The van der Waals surface area contributed by atoms with E-state index < -0.39 is 8.32 Å². The van der Waals surface area contributed by atoms with Crippen LogP contribution in [0.4, 0.5) is 0 Å². The van der Waals surface area contributed by atoms with E-state index >= 15 is 0 Å². The molecule has 4 heteroatoms. The lowest BCUT2D eigenvalue weighted by molar-refractivity contribution is 0.0829. The first-order valence-electron chi connectivity index (χ1n) is 11.6. The van der Waals surface area contributed by atoms with Gasteiger partial charge in [-0.15, -0.1) is 0 Å². The monoisotopic (exact) mass is 425 g/mol. The molecule has 1 aliphatic heterocycles. The van der Waals surface area contributed by atoms with Crippen molar-refractivity contribution in [3.05, 3.63) is 60.7 Å². The van der Waals surface area contributed by atoms with E-state index in [0.29, 0.717) is 0 Å². The summed E-state index contributed by atoms with van der Waals surface area (Å²) >= 11 is 0. The maximum absolute atomic E-state index is 6.94. The van der Waals surface area contributed by atoms with Gasteiger partial charge in [-0.1, -0.05) is 81.4 Å². The predicted octanol–water partition coefficient (Wildman–Crippen LogP) is 4.36. The van der Waals surface area contributed by atoms with Crippen LogP contribution in [0.3, 0.4) is 0 Å². The van der Waals surface area contributed by atoms with Crippen LogP contribution in [0, 0.1) is 5.92 Å². The van der Waals surface area contributed by atoms with E-state index in [9.17, 15) is 0 Å². The Kier molecular flexibility index (Phi) is 8.69. The van der Waals surface area contributed by atoms with Crippen molar-refractivity contribution in [3.8, 4) is 0 Å². The van der Waals surface area contributed by atoms with Gasteiger partial charge in [0.1, 0.15) is 0 Å². The highest BCUT2D eigenvalue weighted by atomic mass is 28.4. The number of hydrogen-bond donors (Lipinski definition) is 1. The fourth-order valence-corrected chi connectivity index (χ4v) is 9.20. The fraction of sp³-hybridized carbons (Fsp3) is 0.538. The fourth-order valence-electron chi connectivity index (χ4n) is 4.59. The van der Waals surface area contributed by atoms with Crippen LogP contribution in [0.15, 0.2) is 60.7 Å². The van der Waals surface area contributed by atoms with Crippen molar-refractivity contribution in [2.24, 2.45) is 5.92 Å². The molecule has 3 rings (SSSR count). The highest BCUT2D eigenvalue weighted by Gasteiger charge is 2.49. The number of benzene rings is 2. The standard InChI is InChI=1S/C26H39NO2Si/c1-26(2,3)30(24-12-6-4-7-13-24,25-14-8-5-9-15-25)29-21-11-10-20-28-22-23-16-18-27-19-17-23/h4-9,12-15,23,27H,10-11,16-22H2,1-3H3. The van der Waals surface area contributed by atoms with Crippen molar-refractivity contribution in [1.29, 1.82) is 0 Å². The third-order valence-electron chi connectivity index (χ3n) is 6.23. The molecule has 0 aromatic heterocycles. The minimum Gasteiger partial charge on any atom is -0.407 e. The number of nitrogens with one attached hydrogen (secondary N) is 1. The van der Waals surface area contributed by atoms with Crippen molar-refractivity contribution in [1.82, 2.24) is 5.32 Å². The first kappa shape index (κ1) is 23.2. The Balaban J connectivity index is 1.60. The Morgan fingerprint density at radius 2 is 1.37 bits per heavy atom. The second-order valence-electron chi connectivity index (χ2n) is 9.49. The summed E-state index contributed by atoms with van der Waals surface area (Å²) in [6.07, 6.45) is 4.59. The molecule has 1 saturated heterocycles. The van der Waals surface area contributed by atoms with Crippen molar-refractivity contribution in [2.45, 2.75) is 51.5 Å². The first-order valence-corrected chi connectivity index (χ1v) is 13.5. The van der Waals surface area contributed by atoms with E-state index in [1.54, 1.807) is 0 Å². The van der Waals surface area contributed by atoms with Gasteiger partial charge in [-0.05, 0) is 60.1 Å². The number of ether oxygens (including phenoxy) is 1. The van der Waals surface area contributed by atoms with Gasteiger partial charge in [-0.3, -0.25) is 0 Å². The van der Waals surface area contributed by atoms with Crippen molar-refractivity contribution < 1.29 is 9.16 Å². The lowest BCUT2D eigenvalue weighted by Gasteiger charge is -2.43. The summed E-state index contributed by atoms with van der Waals surface area (Å²) in [5.41, 5.74) is 0. The zero-order chi connectivity index (χ0) is 21.3. The van der Waals surface area contributed by atoms with E-state index in [-0.39, 0.29) is 5.04 Å². The van der Waals surface area contributed by atoms with Gasteiger partial charge in [0.15, 0.2) is 0 Å². The van der Waals surface area contributed by atoms with Crippen LogP contribution >= 0.6 is 0 Å². The average Bonchev–Trinajstić information content (AvgIpc) is 2.77. The zero-order valence-electron chi connectivity index (χ0n) is 19.0. The summed E-state index contributed by atoms with van der Waals surface area (Å²) < 4.78 is 12.9. The van der Waals surface area contributed by atoms with Crippen LogP contribution in [0.25, 0.3) is 0 Å². The molecule has 2 aromatic rings. The largest absolute Gasteiger partial charge is 0.407 e. The Morgan fingerprint density at radius 3 is 1.90 bits per heavy atom. The quantitative estimate of drug-likeness (QED) is 0.453. The maximum Gasteiger partial charge on any atom is 0.261 e. The molecule has 0 bridgehead atoms. The Bertz CT molecular complexity index is 684. The molecule has 0 spiro atoms. The summed E-state index contributed by atoms with van der Waals surface area (Å²) in [7, 11) is -2.39. The minimum absolute atomic E-state index is 0.0429. The molecule has 30 heavy (non-hydrogen) atoms. The third kappa shape index (κ3) is 5.82. The second kappa shape index (κ2) is 11.2. The molecule has 164 valence electrons. The van der Waals surface area contributed by atoms with Gasteiger partial charge in [0.25, 0.3) is 8.32 Å². The SMILES string of the molecule is CC(C)(C)[Si](OCCCCOCC1CCNCC1)(c1ccccc1)c1ccccc1. The first-order chi connectivity index (χ1) is 14.5. The molecule has 1 N–H and O–H groups in total. The molecular weight excluding hydrogens is 386 g/mol. The predicted molar refractivity (Wildman–Crippen MR) is 129 cm³/mol. The highest BCUT2D eigenvalue weighted by Crippen LogP contribution is 2.36. The second-order valence-corrected chi connectivity index (χ2v) is 13.8. The van der Waals surface area contributed by atoms with E-state index in [1.165, 1.54) is 23.2 Å². The molecule has 0 radical (unpaired) electrons. The average molecular weight is 426 g/mol. The van der Waals surface area contributed by atoms with Gasteiger partial charge in [0.2, 0.25) is 0 Å². The lowest BCUT2D eigenvalue weighted by atomic mass is 9.99. The molecule has 0 unspecified atom stereocenters. The van der Waals surface area contributed by atoms with Gasteiger partial charge in [0.05, 0.1) is 0 Å². The Labute approximate surface area is 184 Å². The van der Waals surface area contributed by atoms with Crippen molar-refractivity contribution in [2.75, 3.05) is 32.9 Å². The molecule has 0 aliphatic carbocycles. The lowest BCUT2D eigenvalue weighted by Crippen LogP contribution is -2.66. The molecule has 0 amide bonds. The van der Waals surface area contributed by atoms with E-state index in [0.717, 1.165) is 51.7 Å². The number of rotatable bonds is 10. The van der Waals surface area contributed by atoms with Crippen LogP contribution in [0.1, 0.15) is 46.5 Å². The van der Waals surface area contributed by atoms with Gasteiger partial charge in [0, 0.05) is 19.8 Å². The number of unbranched alkanes of at least 4 members (excludes halogenated alkanes) is 1. The normalized spacial score (nSPS) is 16.0. The van der Waals surface area contributed by atoms with Gasteiger partial charge in [-0.2, -0.15) is 0 Å². The minimum atomic E-state index is -2.39. The Morgan fingerprint density at radius 1 is 0.833 bits per heavy atom. The summed E-state index contributed by atoms with van der Waals surface area (Å²) in [6.45, 7) is 11.8. The van der Waals surface area contributed by atoms with Gasteiger partial charge < -0.3 is 14.5 Å². The maximum atomic E-state index is 6.94. The van der Waals surface area contributed by atoms with E-state index in [1.807, 2.05) is 0 Å². The number of piperidine rings is 1. The zero-order valence-corrected chi connectivity index (χ0v) is 20.0. The van der Waals surface area contributed by atoms with Crippen LogP contribution in [-0.4, -0.2) is 41.2 Å². The van der Waals surface area contributed by atoms with Gasteiger partial charge >= 0.3 is 0 Å². The van der Waals surface area contributed by atoms with Crippen molar-refractivity contribution in [3.63, 3.8) is 0 Å². The number of hydrogen-bond acceptors (Lipinski definition) is 3. The molecule has 0 atom stereocenters. The Hall–Kier alpha value is -1.46. The molecule has 1 fully saturated rings. The van der Waals surface area contributed by atoms with E-state index in [2.05, 4.69) is 86.8 Å². The molecule has 2 aromatic carbocycles. The van der Waals surface area contributed by atoms with E-state index in [4.69, 9.17) is 9.16 Å². The third-order valence-corrected chi connectivity index (χ3v) is 11.3. The topological polar surface area (TPSA) is 30.5 Å². The highest BCUT2D eigenvalue weighted by molar-refractivity contribution is 6.99. The van der Waals surface area contributed by atoms with Crippen LogP contribution < -0.4 is 15.7 Å². The van der Waals surface area contributed by atoms with Crippen LogP contribution in [-0.2, 0) is 9.16 Å². The van der Waals surface area contributed by atoms with Crippen molar-refractivity contribution >= 4 is 18.7 Å². The molecular formula is C26H39NO2Si. The summed E-state index contributed by atoms with van der Waals surface area (Å²) in [5.74, 6) is 0.736. The summed E-state index contributed by atoms with van der Waals surface area (Å²) in [5, 5.41) is 6.17. The van der Waals surface area contributed by atoms with Gasteiger partial charge in [-0.25, -0.2) is 0 Å². The molecule has 1 heterocycles. The van der Waals surface area contributed by atoms with Crippen LogP contribution in [0.5, 0.6) is 0 Å². The summed E-state index contributed by atoms with van der Waals surface area (Å²) in [4.78, 5) is 0.